The first-order valence-corrected chi connectivity index (χ1v) is 9.23. The molecule has 2 heterocycles. The van der Waals surface area contributed by atoms with Crippen molar-refractivity contribution in [3.8, 4) is 11.3 Å². The third kappa shape index (κ3) is 2.75. The summed E-state index contributed by atoms with van der Waals surface area (Å²) in [5, 5.41) is 10.6. The lowest BCUT2D eigenvalue weighted by atomic mass is 9.82. The van der Waals surface area contributed by atoms with E-state index in [0.717, 1.165) is 22.2 Å². The van der Waals surface area contributed by atoms with E-state index in [1.807, 2.05) is 18.2 Å². The molecular weight excluding hydrogens is 326 g/mol. The SMILES string of the molecule is C=CCn1c(-c2ccoc2)c(C2CCCCC2)c2ccc(C(=O)O)cc21. The molecule has 1 aromatic carbocycles. The van der Waals surface area contributed by atoms with Crippen molar-refractivity contribution in [3.63, 3.8) is 0 Å². The summed E-state index contributed by atoms with van der Waals surface area (Å²) in [7, 11) is 0. The summed E-state index contributed by atoms with van der Waals surface area (Å²) >= 11 is 0. The zero-order valence-electron chi connectivity index (χ0n) is 14.8. The van der Waals surface area contributed by atoms with E-state index in [4.69, 9.17) is 4.42 Å². The molecule has 26 heavy (non-hydrogen) atoms. The van der Waals surface area contributed by atoms with Gasteiger partial charge in [0.25, 0.3) is 0 Å². The average Bonchev–Trinajstić information content (AvgIpc) is 3.28. The van der Waals surface area contributed by atoms with Gasteiger partial charge in [-0.3, -0.25) is 0 Å². The third-order valence-electron chi connectivity index (χ3n) is 5.47. The van der Waals surface area contributed by atoms with Gasteiger partial charge in [0.15, 0.2) is 0 Å². The molecule has 0 unspecified atom stereocenters. The van der Waals surface area contributed by atoms with Crippen LogP contribution in [-0.4, -0.2) is 15.6 Å². The van der Waals surface area contributed by atoms with Crippen LogP contribution in [-0.2, 0) is 6.54 Å². The maximum atomic E-state index is 11.5. The number of furan rings is 1. The molecule has 4 nitrogen and oxygen atoms in total. The number of carbonyl (C=O) groups is 1. The van der Waals surface area contributed by atoms with Gasteiger partial charge in [-0.05, 0) is 42.5 Å². The Bertz CT molecular complexity index is 944. The first kappa shape index (κ1) is 16.7. The second kappa shape index (κ2) is 6.87. The van der Waals surface area contributed by atoms with Crippen LogP contribution >= 0.6 is 0 Å². The molecule has 4 rings (SSSR count). The van der Waals surface area contributed by atoms with Gasteiger partial charge in [0, 0.05) is 23.0 Å². The molecule has 0 bridgehead atoms. The van der Waals surface area contributed by atoms with Crippen LogP contribution in [0.3, 0.4) is 0 Å². The predicted molar refractivity (Wildman–Crippen MR) is 103 cm³/mol. The van der Waals surface area contributed by atoms with Gasteiger partial charge in [-0.25, -0.2) is 4.79 Å². The van der Waals surface area contributed by atoms with Crippen LogP contribution in [0.2, 0.25) is 0 Å². The second-order valence-electron chi connectivity index (χ2n) is 7.05. The summed E-state index contributed by atoms with van der Waals surface area (Å²) in [5.41, 5.74) is 4.79. The maximum Gasteiger partial charge on any atom is 0.335 e. The van der Waals surface area contributed by atoms with E-state index in [2.05, 4.69) is 11.1 Å². The fraction of sp³-hybridized carbons (Fsp3) is 0.318. The zero-order chi connectivity index (χ0) is 18.1. The van der Waals surface area contributed by atoms with E-state index in [-0.39, 0.29) is 0 Å². The molecule has 0 saturated heterocycles. The van der Waals surface area contributed by atoms with Gasteiger partial charge in [0.05, 0.1) is 23.8 Å². The number of benzene rings is 1. The summed E-state index contributed by atoms with van der Waals surface area (Å²) in [6, 6.07) is 7.47. The molecule has 0 amide bonds. The second-order valence-corrected chi connectivity index (χ2v) is 7.05. The molecule has 1 aliphatic carbocycles. The summed E-state index contributed by atoms with van der Waals surface area (Å²) < 4.78 is 7.55. The van der Waals surface area contributed by atoms with Crippen LogP contribution < -0.4 is 0 Å². The standard InChI is InChI=1S/C22H23NO3/c1-2-11-23-19-13-16(22(24)25)8-9-18(19)20(15-6-4-3-5-7-15)21(23)17-10-12-26-14-17/h2,8-10,12-15H,1,3-7,11H2,(H,24,25). The van der Waals surface area contributed by atoms with Gasteiger partial charge < -0.3 is 14.1 Å². The van der Waals surface area contributed by atoms with Crippen LogP contribution in [0.15, 0.2) is 53.9 Å². The molecule has 0 atom stereocenters. The van der Waals surface area contributed by atoms with Gasteiger partial charge in [-0.1, -0.05) is 31.4 Å². The molecule has 2 aromatic heterocycles. The number of nitrogens with zero attached hydrogens (tertiary/aromatic N) is 1. The Labute approximate surface area is 152 Å². The van der Waals surface area contributed by atoms with Crippen molar-refractivity contribution < 1.29 is 14.3 Å². The number of carboxylic acid groups (broad SMARTS) is 1. The quantitative estimate of drug-likeness (QED) is 0.589. The first-order valence-electron chi connectivity index (χ1n) is 9.23. The number of rotatable bonds is 5. The Hall–Kier alpha value is -2.75. The largest absolute Gasteiger partial charge is 0.478 e. The first-order chi connectivity index (χ1) is 12.7. The molecular formula is C22H23NO3. The number of hydrogen-bond donors (Lipinski definition) is 1. The Kier molecular flexibility index (Phi) is 4.41. The fourth-order valence-corrected chi connectivity index (χ4v) is 4.34. The zero-order valence-corrected chi connectivity index (χ0v) is 14.8. The van der Waals surface area contributed by atoms with E-state index in [9.17, 15) is 9.90 Å². The monoisotopic (exact) mass is 349 g/mol. The Morgan fingerprint density at radius 1 is 1.27 bits per heavy atom. The summed E-state index contributed by atoms with van der Waals surface area (Å²) in [5.74, 6) is -0.403. The normalized spacial score (nSPS) is 15.4. The number of hydrogen-bond acceptors (Lipinski definition) is 2. The lowest BCUT2D eigenvalue weighted by Gasteiger charge is -2.23. The van der Waals surface area contributed by atoms with Gasteiger partial charge in [-0.15, -0.1) is 6.58 Å². The molecule has 4 heteroatoms. The molecule has 3 aromatic rings. The van der Waals surface area contributed by atoms with E-state index in [1.165, 1.54) is 37.7 Å². The highest BCUT2D eigenvalue weighted by atomic mass is 16.4. The number of aromatic carboxylic acids is 1. The van der Waals surface area contributed by atoms with Crippen LogP contribution in [0.5, 0.6) is 0 Å². The van der Waals surface area contributed by atoms with Gasteiger partial charge in [-0.2, -0.15) is 0 Å². The number of fused-ring (bicyclic) bond motifs is 1. The molecule has 1 saturated carbocycles. The van der Waals surface area contributed by atoms with Crippen LogP contribution in [0, 0.1) is 0 Å². The number of carboxylic acids is 1. The molecule has 134 valence electrons. The highest BCUT2D eigenvalue weighted by Gasteiger charge is 2.27. The van der Waals surface area contributed by atoms with Crippen molar-refractivity contribution in [1.29, 1.82) is 0 Å². The van der Waals surface area contributed by atoms with Crippen molar-refractivity contribution >= 4 is 16.9 Å². The highest BCUT2D eigenvalue weighted by molar-refractivity contribution is 5.98. The van der Waals surface area contributed by atoms with Crippen LogP contribution in [0.25, 0.3) is 22.2 Å². The molecule has 0 spiro atoms. The summed E-state index contributed by atoms with van der Waals surface area (Å²) in [6.07, 6.45) is 11.5. The maximum absolute atomic E-state index is 11.5. The minimum Gasteiger partial charge on any atom is -0.478 e. The van der Waals surface area contributed by atoms with E-state index in [1.54, 1.807) is 24.7 Å². The van der Waals surface area contributed by atoms with Crippen molar-refractivity contribution in [1.82, 2.24) is 4.57 Å². The fourth-order valence-electron chi connectivity index (χ4n) is 4.34. The topological polar surface area (TPSA) is 55.4 Å². The average molecular weight is 349 g/mol. The van der Waals surface area contributed by atoms with Crippen molar-refractivity contribution in [2.24, 2.45) is 0 Å². The number of allylic oxidation sites excluding steroid dienone is 1. The van der Waals surface area contributed by atoms with Crippen LogP contribution in [0.4, 0.5) is 0 Å². The smallest absolute Gasteiger partial charge is 0.335 e. The third-order valence-corrected chi connectivity index (χ3v) is 5.47. The lowest BCUT2D eigenvalue weighted by Crippen LogP contribution is -2.06. The molecule has 0 radical (unpaired) electrons. The molecule has 1 aliphatic rings. The van der Waals surface area contributed by atoms with Crippen molar-refractivity contribution in [2.75, 3.05) is 0 Å². The predicted octanol–water partition coefficient (Wildman–Crippen LogP) is 5.83. The van der Waals surface area contributed by atoms with Gasteiger partial charge in [0.2, 0.25) is 0 Å². The Morgan fingerprint density at radius 2 is 2.08 bits per heavy atom. The molecule has 1 N–H and O–H groups in total. The van der Waals surface area contributed by atoms with E-state index in [0.29, 0.717) is 18.0 Å². The van der Waals surface area contributed by atoms with Crippen molar-refractivity contribution in [2.45, 2.75) is 44.6 Å². The van der Waals surface area contributed by atoms with Crippen LogP contribution in [0.1, 0.15) is 53.9 Å². The Balaban J connectivity index is 2.03. The molecule has 1 fully saturated rings. The Morgan fingerprint density at radius 3 is 2.73 bits per heavy atom. The van der Waals surface area contributed by atoms with Crippen molar-refractivity contribution in [3.05, 3.63) is 60.6 Å². The molecule has 0 aliphatic heterocycles. The highest BCUT2D eigenvalue weighted by Crippen LogP contribution is 2.44. The minimum atomic E-state index is -0.901. The lowest BCUT2D eigenvalue weighted by molar-refractivity contribution is 0.0697. The van der Waals surface area contributed by atoms with Gasteiger partial charge >= 0.3 is 5.97 Å². The summed E-state index contributed by atoms with van der Waals surface area (Å²) in [6.45, 7) is 4.54. The number of aromatic nitrogens is 1. The summed E-state index contributed by atoms with van der Waals surface area (Å²) in [4.78, 5) is 11.5. The minimum absolute atomic E-state index is 0.314. The van der Waals surface area contributed by atoms with Gasteiger partial charge in [0.1, 0.15) is 0 Å². The van der Waals surface area contributed by atoms with E-state index >= 15 is 0 Å². The van der Waals surface area contributed by atoms with E-state index < -0.39 is 5.97 Å².